The Labute approximate surface area is 179 Å². The summed E-state index contributed by atoms with van der Waals surface area (Å²) < 4.78 is 3.80. The van der Waals surface area contributed by atoms with Crippen LogP contribution in [-0.4, -0.2) is 51.8 Å². The first-order chi connectivity index (χ1) is 14.5. The molecule has 0 fully saturated rings. The molecule has 0 aliphatic heterocycles. The van der Waals surface area contributed by atoms with E-state index in [0.717, 1.165) is 36.7 Å². The number of unbranched alkanes of at least 4 members (excludes halogenated alkanes) is 1. The van der Waals surface area contributed by atoms with Gasteiger partial charge < -0.3 is 14.8 Å². The topological polar surface area (TPSA) is 55.1 Å². The van der Waals surface area contributed by atoms with Gasteiger partial charge in [0.15, 0.2) is 5.82 Å². The smallest absolute Gasteiger partial charge is 0.256 e. The molecule has 0 spiro atoms. The van der Waals surface area contributed by atoms with Crippen LogP contribution in [0.4, 0.5) is 0 Å². The summed E-state index contributed by atoms with van der Waals surface area (Å²) in [7, 11) is 2.14. The van der Waals surface area contributed by atoms with Gasteiger partial charge in [0.1, 0.15) is 5.56 Å². The SMILES string of the molecule is CCCCN(C)CCCNC(=O)c1c(C)nn(-c2ccc(C)cc2)c1-n1cccc1. The molecule has 3 rings (SSSR count). The fraction of sp³-hybridized carbons (Fsp3) is 0.417. The number of carbonyl (C=O) groups is 1. The molecule has 0 saturated heterocycles. The Morgan fingerprint density at radius 2 is 1.73 bits per heavy atom. The fourth-order valence-electron chi connectivity index (χ4n) is 3.54. The Kier molecular flexibility index (Phi) is 7.46. The minimum absolute atomic E-state index is 0.0780. The van der Waals surface area contributed by atoms with Gasteiger partial charge in [-0.2, -0.15) is 5.10 Å². The molecular formula is C24H33N5O. The van der Waals surface area contributed by atoms with Gasteiger partial charge >= 0.3 is 0 Å². The standard InChI is InChI=1S/C24H33N5O/c1-5-6-15-27(4)16-9-14-25-23(30)22-20(3)26-29(21-12-10-19(2)11-13-21)24(22)28-17-7-8-18-28/h7-8,10-13,17-18H,5-6,9,14-16H2,1-4H3,(H,25,30). The summed E-state index contributed by atoms with van der Waals surface area (Å²) in [4.78, 5) is 15.4. The molecule has 30 heavy (non-hydrogen) atoms. The van der Waals surface area contributed by atoms with Crippen LogP contribution in [0.1, 0.15) is 47.8 Å². The molecule has 6 heteroatoms. The van der Waals surface area contributed by atoms with Crippen LogP contribution in [0.2, 0.25) is 0 Å². The number of nitrogens with one attached hydrogen (secondary N) is 1. The highest BCUT2D eigenvalue weighted by Crippen LogP contribution is 2.23. The van der Waals surface area contributed by atoms with Crippen molar-refractivity contribution in [2.45, 2.75) is 40.0 Å². The molecule has 0 aliphatic rings. The van der Waals surface area contributed by atoms with Crippen LogP contribution >= 0.6 is 0 Å². The zero-order chi connectivity index (χ0) is 21.5. The first kappa shape index (κ1) is 21.8. The third-order valence-electron chi connectivity index (χ3n) is 5.29. The van der Waals surface area contributed by atoms with Gasteiger partial charge in [-0.25, -0.2) is 4.68 Å². The maximum Gasteiger partial charge on any atom is 0.256 e. The molecule has 2 aromatic heterocycles. The van der Waals surface area contributed by atoms with E-state index in [0.29, 0.717) is 12.1 Å². The maximum absolute atomic E-state index is 13.1. The zero-order valence-electron chi connectivity index (χ0n) is 18.6. The van der Waals surface area contributed by atoms with Crippen molar-refractivity contribution < 1.29 is 4.79 Å². The lowest BCUT2D eigenvalue weighted by molar-refractivity contribution is 0.0951. The number of aromatic nitrogens is 3. The van der Waals surface area contributed by atoms with E-state index >= 15 is 0 Å². The molecule has 0 atom stereocenters. The molecular weight excluding hydrogens is 374 g/mol. The first-order valence-electron chi connectivity index (χ1n) is 10.8. The second-order valence-corrected chi connectivity index (χ2v) is 7.89. The molecule has 0 saturated carbocycles. The van der Waals surface area contributed by atoms with E-state index < -0.39 is 0 Å². The van der Waals surface area contributed by atoms with E-state index in [4.69, 9.17) is 5.10 Å². The normalized spacial score (nSPS) is 11.2. The highest BCUT2D eigenvalue weighted by molar-refractivity contribution is 5.98. The van der Waals surface area contributed by atoms with Gasteiger partial charge in [0.05, 0.1) is 11.4 Å². The maximum atomic E-state index is 13.1. The molecule has 2 heterocycles. The monoisotopic (exact) mass is 407 g/mol. The van der Waals surface area contributed by atoms with Crippen molar-refractivity contribution in [2.75, 3.05) is 26.7 Å². The van der Waals surface area contributed by atoms with Crippen LogP contribution in [0, 0.1) is 13.8 Å². The van der Waals surface area contributed by atoms with E-state index in [1.807, 2.05) is 52.8 Å². The van der Waals surface area contributed by atoms with Crippen molar-refractivity contribution in [3.8, 4) is 11.5 Å². The molecule has 6 nitrogen and oxygen atoms in total. The molecule has 1 amide bonds. The third-order valence-corrected chi connectivity index (χ3v) is 5.29. The molecule has 160 valence electrons. The van der Waals surface area contributed by atoms with E-state index in [1.54, 1.807) is 0 Å². The van der Waals surface area contributed by atoms with Crippen molar-refractivity contribution in [3.63, 3.8) is 0 Å². The summed E-state index contributed by atoms with van der Waals surface area (Å²) in [6.45, 7) is 8.89. The summed E-state index contributed by atoms with van der Waals surface area (Å²) in [6.07, 6.45) is 7.23. The van der Waals surface area contributed by atoms with Gasteiger partial charge in [0.2, 0.25) is 0 Å². The van der Waals surface area contributed by atoms with Gasteiger partial charge in [-0.05, 0) is 71.1 Å². The number of hydrogen-bond acceptors (Lipinski definition) is 3. The second kappa shape index (κ2) is 10.3. The van der Waals surface area contributed by atoms with Crippen LogP contribution in [-0.2, 0) is 0 Å². The van der Waals surface area contributed by atoms with E-state index in [1.165, 1.54) is 18.4 Å². The predicted molar refractivity (Wildman–Crippen MR) is 122 cm³/mol. The largest absolute Gasteiger partial charge is 0.352 e. The highest BCUT2D eigenvalue weighted by Gasteiger charge is 2.23. The fourth-order valence-corrected chi connectivity index (χ4v) is 3.54. The summed E-state index contributed by atoms with van der Waals surface area (Å²) in [5.41, 5.74) is 3.46. The number of benzene rings is 1. The van der Waals surface area contributed by atoms with Crippen LogP contribution in [0.25, 0.3) is 11.5 Å². The molecule has 3 aromatic rings. The van der Waals surface area contributed by atoms with Crippen LogP contribution < -0.4 is 5.32 Å². The van der Waals surface area contributed by atoms with Crippen molar-refractivity contribution in [1.29, 1.82) is 0 Å². The molecule has 0 bridgehead atoms. The summed E-state index contributed by atoms with van der Waals surface area (Å²) >= 11 is 0. The lowest BCUT2D eigenvalue weighted by Gasteiger charge is -2.16. The van der Waals surface area contributed by atoms with Crippen molar-refractivity contribution in [1.82, 2.24) is 24.6 Å². The third kappa shape index (κ3) is 5.19. The number of amides is 1. The summed E-state index contributed by atoms with van der Waals surface area (Å²) in [5, 5.41) is 7.80. The second-order valence-electron chi connectivity index (χ2n) is 7.89. The minimum Gasteiger partial charge on any atom is -0.352 e. The quantitative estimate of drug-likeness (QED) is 0.514. The minimum atomic E-state index is -0.0780. The van der Waals surface area contributed by atoms with Crippen molar-refractivity contribution in [3.05, 3.63) is 65.6 Å². The van der Waals surface area contributed by atoms with Gasteiger partial charge in [-0.15, -0.1) is 0 Å². The van der Waals surface area contributed by atoms with Crippen molar-refractivity contribution >= 4 is 5.91 Å². The van der Waals surface area contributed by atoms with Gasteiger partial charge in [-0.1, -0.05) is 31.0 Å². The van der Waals surface area contributed by atoms with Gasteiger partial charge in [0.25, 0.3) is 5.91 Å². The van der Waals surface area contributed by atoms with E-state index in [9.17, 15) is 4.79 Å². The number of carbonyl (C=O) groups excluding carboxylic acids is 1. The van der Waals surface area contributed by atoms with Gasteiger partial charge in [-0.3, -0.25) is 4.79 Å². The molecule has 0 radical (unpaired) electrons. The number of rotatable bonds is 10. The molecule has 0 aliphatic carbocycles. The zero-order valence-corrected chi connectivity index (χ0v) is 18.6. The number of hydrogen-bond donors (Lipinski definition) is 1. The van der Waals surface area contributed by atoms with Gasteiger partial charge in [0, 0.05) is 18.9 Å². The van der Waals surface area contributed by atoms with Crippen LogP contribution in [0.3, 0.4) is 0 Å². The average molecular weight is 408 g/mol. The highest BCUT2D eigenvalue weighted by atomic mass is 16.1. The van der Waals surface area contributed by atoms with Crippen LogP contribution in [0.5, 0.6) is 0 Å². The van der Waals surface area contributed by atoms with Crippen molar-refractivity contribution in [2.24, 2.45) is 0 Å². The Hall–Kier alpha value is -2.86. The summed E-state index contributed by atoms with van der Waals surface area (Å²) in [6, 6.07) is 12.1. The Morgan fingerprint density at radius 3 is 2.40 bits per heavy atom. The average Bonchev–Trinajstić information content (AvgIpc) is 3.37. The number of nitrogens with zero attached hydrogens (tertiary/aromatic N) is 4. The molecule has 0 unspecified atom stereocenters. The summed E-state index contributed by atoms with van der Waals surface area (Å²) in [5.74, 6) is 0.685. The van der Waals surface area contributed by atoms with Crippen LogP contribution in [0.15, 0.2) is 48.8 Å². The molecule has 1 N–H and O–H groups in total. The lowest BCUT2D eigenvalue weighted by atomic mass is 10.2. The van der Waals surface area contributed by atoms with E-state index in [-0.39, 0.29) is 5.91 Å². The first-order valence-corrected chi connectivity index (χ1v) is 10.8. The molecule has 1 aromatic carbocycles. The predicted octanol–water partition coefficient (Wildman–Crippen LogP) is 4.13. The van der Waals surface area contributed by atoms with E-state index in [2.05, 4.69) is 43.2 Å². The number of aryl methyl sites for hydroxylation is 2. The Balaban J connectivity index is 1.79. The Bertz CT molecular complexity index is 941. The Morgan fingerprint density at radius 1 is 1.07 bits per heavy atom. The lowest BCUT2D eigenvalue weighted by Crippen LogP contribution is -2.29.